The summed E-state index contributed by atoms with van der Waals surface area (Å²) in [6, 6.07) is 4.55. The number of aliphatic hydroxyl groups excluding tert-OH is 1. The number of carbonyl (C=O) groups excluding carboxylic acids is 1. The smallest absolute Gasteiger partial charge is 0.227 e. The van der Waals surface area contributed by atoms with Crippen LogP contribution in [-0.4, -0.2) is 24.2 Å². The van der Waals surface area contributed by atoms with Crippen LogP contribution >= 0.6 is 0 Å². The van der Waals surface area contributed by atoms with E-state index >= 15 is 0 Å². The zero-order chi connectivity index (χ0) is 13.7. The maximum atomic E-state index is 14.0. The number of aliphatic hydroxyl groups is 1. The minimum atomic E-state index is -0.444. The number of halogens is 1. The van der Waals surface area contributed by atoms with Crippen molar-refractivity contribution in [2.24, 2.45) is 0 Å². The van der Waals surface area contributed by atoms with E-state index in [0.29, 0.717) is 24.2 Å². The van der Waals surface area contributed by atoms with Crippen LogP contribution < -0.4 is 4.90 Å². The molecule has 1 aliphatic rings. The average Bonchev–Trinajstić information content (AvgIpc) is 2.61. The molecule has 2 rings (SSSR count). The Hall–Kier alpha value is -1.86. The Balaban J connectivity index is 2.26. The van der Waals surface area contributed by atoms with Crippen LogP contribution in [0.15, 0.2) is 18.2 Å². The molecule has 0 radical (unpaired) electrons. The zero-order valence-electron chi connectivity index (χ0n) is 10.7. The Kier molecular flexibility index (Phi) is 4.53. The number of anilines is 1. The minimum absolute atomic E-state index is 0.0226. The third-order valence-corrected chi connectivity index (χ3v) is 3.12. The van der Waals surface area contributed by atoms with Crippen molar-refractivity contribution >= 4 is 11.6 Å². The summed E-state index contributed by atoms with van der Waals surface area (Å²) in [5.74, 6) is 4.65. The van der Waals surface area contributed by atoms with Gasteiger partial charge >= 0.3 is 0 Å². The number of amides is 1. The molecule has 1 N–H and O–H groups in total. The van der Waals surface area contributed by atoms with Gasteiger partial charge in [-0.3, -0.25) is 4.79 Å². The number of nitrogens with zero attached hydrogens (tertiary/aromatic N) is 1. The SMILES string of the molecule is O=C1CCCCCN1c1ccc(C#CCO)cc1F. The van der Waals surface area contributed by atoms with Gasteiger partial charge in [0.15, 0.2) is 0 Å². The fourth-order valence-corrected chi connectivity index (χ4v) is 2.18. The van der Waals surface area contributed by atoms with Gasteiger partial charge in [0.25, 0.3) is 0 Å². The van der Waals surface area contributed by atoms with Crippen LogP contribution in [0.3, 0.4) is 0 Å². The second-order valence-corrected chi connectivity index (χ2v) is 4.48. The lowest BCUT2D eigenvalue weighted by molar-refractivity contribution is -0.118. The van der Waals surface area contributed by atoms with Crippen LogP contribution in [0.1, 0.15) is 31.2 Å². The van der Waals surface area contributed by atoms with Gasteiger partial charge in [0.2, 0.25) is 5.91 Å². The van der Waals surface area contributed by atoms with E-state index in [0.717, 1.165) is 19.3 Å². The number of rotatable bonds is 1. The van der Waals surface area contributed by atoms with Crippen molar-refractivity contribution in [3.05, 3.63) is 29.6 Å². The second-order valence-electron chi connectivity index (χ2n) is 4.48. The van der Waals surface area contributed by atoms with Crippen LogP contribution in [0.25, 0.3) is 0 Å². The van der Waals surface area contributed by atoms with Crippen molar-refractivity contribution in [1.29, 1.82) is 0 Å². The molecule has 1 fully saturated rings. The Morgan fingerprint density at radius 2 is 2.16 bits per heavy atom. The van der Waals surface area contributed by atoms with Crippen LogP contribution in [-0.2, 0) is 4.79 Å². The van der Waals surface area contributed by atoms with E-state index in [9.17, 15) is 9.18 Å². The molecular weight excluding hydrogens is 245 g/mol. The Morgan fingerprint density at radius 1 is 1.32 bits per heavy atom. The van der Waals surface area contributed by atoms with Gasteiger partial charge in [-0.2, -0.15) is 0 Å². The Bertz CT molecular complexity index is 531. The molecule has 0 bridgehead atoms. The van der Waals surface area contributed by atoms with E-state index in [4.69, 9.17) is 5.11 Å². The van der Waals surface area contributed by atoms with Gasteiger partial charge < -0.3 is 10.0 Å². The molecule has 0 aliphatic carbocycles. The third kappa shape index (κ3) is 3.33. The summed E-state index contributed by atoms with van der Waals surface area (Å²) in [4.78, 5) is 13.4. The molecule has 19 heavy (non-hydrogen) atoms. The molecule has 100 valence electrons. The molecule has 0 atom stereocenters. The highest BCUT2D eigenvalue weighted by molar-refractivity contribution is 5.93. The molecular formula is C15H16FNO2. The van der Waals surface area contributed by atoms with Crippen LogP contribution in [0, 0.1) is 17.7 Å². The van der Waals surface area contributed by atoms with Crippen LogP contribution in [0.4, 0.5) is 10.1 Å². The molecule has 1 amide bonds. The highest BCUT2D eigenvalue weighted by Crippen LogP contribution is 2.24. The number of carbonyl (C=O) groups is 1. The molecule has 1 saturated heterocycles. The van der Waals surface area contributed by atoms with Gasteiger partial charge in [-0.05, 0) is 31.0 Å². The number of hydrogen-bond donors (Lipinski definition) is 1. The summed E-state index contributed by atoms with van der Waals surface area (Å²) in [6.07, 6.45) is 3.25. The molecule has 3 nitrogen and oxygen atoms in total. The van der Waals surface area contributed by atoms with Gasteiger partial charge in [-0.25, -0.2) is 4.39 Å². The van der Waals surface area contributed by atoms with Crippen molar-refractivity contribution < 1.29 is 14.3 Å². The largest absolute Gasteiger partial charge is 0.384 e. The first-order valence-electron chi connectivity index (χ1n) is 6.42. The molecule has 4 heteroatoms. The third-order valence-electron chi connectivity index (χ3n) is 3.12. The molecule has 1 heterocycles. The van der Waals surface area contributed by atoms with Gasteiger partial charge in [-0.15, -0.1) is 0 Å². The molecule has 0 saturated carbocycles. The first-order chi connectivity index (χ1) is 9.22. The van der Waals surface area contributed by atoms with Crippen molar-refractivity contribution in [3.63, 3.8) is 0 Å². The van der Waals surface area contributed by atoms with E-state index in [1.807, 2.05) is 0 Å². The zero-order valence-corrected chi connectivity index (χ0v) is 10.7. The summed E-state index contributed by atoms with van der Waals surface area (Å²) >= 11 is 0. The standard InChI is InChI=1S/C15H16FNO2/c16-13-11-12(5-4-10-18)7-8-14(13)17-9-3-1-2-6-15(17)19/h7-8,11,18H,1-3,6,9-10H2. The Morgan fingerprint density at radius 3 is 2.89 bits per heavy atom. The molecule has 1 aromatic carbocycles. The van der Waals surface area contributed by atoms with Gasteiger partial charge in [0, 0.05) is 18.5 Å². The van der Waals surface area contributed by atoms with Crippen molar-refractivity contribution in [3.8, 4) is 11.8 Å². The highest BCUT2D eigenvalue weighted by Gasteiger charge is 2.20. The molecule has 0 aromatic heterocycles. The minimum Gasteiger partial charge on any atom is -0.384 e. The van der Waals surface area contributed by atoms with Gasteiger partial charge in [-0.1, -0.05) is 18.3 Å². The summed E-state index contributed by atoms with van der Waals surface area (Å²) < 4.78 is 14.0. The van der Waals surface area contributed by atoms with E-state index in [1.165, 1.54) is 11.0 Å². The van der Waals surface area contributed by atoms with Crippen molar-refractivity contribution in [1.82, 2.24) is 0 Å². The molecule has 1 aromatic rings. The lowest BCUT2D eigenvalue weighted by Crippen LogP contribution is -2.30. The lowest BCUT2D eigenvalue weighted by Gasteiger charge is -2.21. The summed E-state index contributed by atoms with van der Waals surface area (Å²) in [5.41, 5.74) is 0.819. The van der Waals surface area contributed by atoms with Crippen molar-refractivity contribution in [2.75, 3.05) is 18.1 Å². The summed E-state index contributed by atoms with van der Waals surface area (Å²) in [5, 5.41) is 8.60. The van der Waals surface area contributed by atoms with E-state index in [-0.39, 0.29) is 12.5 Å². The number of benzene rings is 1. The fraction of sp³-hybridized carbons (Fsp3) is 0.400. The quantitative estimate of drug-likeness (QED) is 0.786. The second kappa shape index (κ2) is 6.35. The summed E-state index contributed by atoms with van der Waals surface area (Å²) in [6.45, 7) is 0.311. The van der Waals surface area contributed by atoms with E-state index in [2.05, 4.69) is 11.8 Å². The van der Waals surface area contributed by atoms with Gasteiger partial charge in [0.1, 0.15) is 12.4 Å². The average molecular weight is 261 g/mol. The van der Waals surface area contributed by atoms with Crippen LogP contribution in [0.5, 0.6) is 0 Å². The molecule has 0 spiro atoms. The maximum Gasteiger partial charge on any atom is 0.227 e. The topological polar surface area (TPSA) is 40.5 Å². The highest BCUT2D eigenvalue weighted by atomic mass is 19.1. The molecule has 1 aliphatic heterocycles. The van der Waals surface area contributed by atoms with E-state index < -0.39 is 5.82 Å². The normalized spacial score (nSPS) is 15.7. The monoisotopic (exact) mass is 261 g/mol. The first-order valence-corrected chi connectivity index (χ1v) is 6.42. The predicted octanol–water partition coefficient (Wildman–Crippen LogP) is 2.08. The maximum absolute atomic E-state index is 14.0. The number of hydrogen-bond acceptors (Lipinski definition) is 2. The van der Waals surface area contributed by atoms with Crippen molar-refractivity contribution in [2.45, 2.75) is 25.7 Å². The summed E-state index contributed by atoms with van der Waals surface area (Å²) in [7, 11) is 0. The lowest BCUT2D eigenvalue weighted by atomic mass is 10.1. The predicted molar refractivity (Wildman–Crippen MR) is 71.2 cm³/mol. The Labute approximate surface area is 112 Å². The first kappa shape index (κ1) is 13.6. The molecule has 0 unspecified atom stereocenters. The fourth-order valence-electron chi connectivity index (χ4n) is 2.18. The van der Waals surface area contributed by atoms with Crippen LogP contribution in [0.2, 0.25) is 0 Å². The van der Waals surface area contributed by atoms with Gasteiger partial charge in [0.05, 0.1) is 5.69 Å². The van der Waals surface area contributed by atoms with E-state index in [1.54, 1.807) is 12.1 Å².